The minimum Gasteiger partial charge on any atom is -0.445 e. The van der Waals surface area contributed by atoms with Crippen LogP contribution in [0.15, 0.2) is 48.8 Å². The van der Waals surface area contributed by atoms with Gasteiger partial charge in [-0.15, -0.1) is 0 Å². The fraction of sp³-hybridized carbons (Fsp3) is 0.125. The number of amides is 1. The Labute approximate surface area is 128 Å². The highest BCUT2D eigenvalue weighted by atomic mass is 35.5. The molecule has 1 aromatic heterocycles. The summed E-state index contributed by atoms with van der Waals surface area (Å²) in [6.07, 6.45) is 2.65. The average Bonchev–Trinajstić information content (AvgIpc) is 2.52. The molecule has 21 heavy (non-hydrogen) atoms. The molecular formula is C16H13ClN2O2. The van der Waals surface area contributed by atoms with Crippen molar-refractivity contribution in [3.05, 3.63) is 64.9 Å². The smallest absolute Gasteiger partial charge is 0.408 e. The molecule has 0 atom stereocenters. The summed E-state index contributed by atoms with van der Waals surface area (Å²) in [6.45, 7) is 0.410. The van der Waals surface area contributed by atoms with E-state index in [2.05, 4.69) is 22.1 Å². The molecule has 0 aliphatic carbocycles. The topological polar surface area (TPSA) is 51.2 Å². The Morgan fingerprint density at radius 3 is 2.86 bits per heavy atom. The molecule has 0 aliphatic heterocycles. The first kappa shape index (κ1) is 14.9. The van der Waals surface area contributed by atoms with Gasteiger partial charge in [0.25, 0.3) is 0 Å². The van der Waals surface area contributed by atoms with Gasteiger partial charge in [-0.25, -0.2) is 4.79 Å². The van der Waals surface area contributed by atoms with Crippen LogP contribution in [0.3, 0.4) is 0 Å². The van der Waals surface area contributed by atoms with Gasteiger partial charge >= 0.3 is 6.09 Å². The van der Waals surface area contributed by atoms with Gasteiger partial charge in [-0.05, 0) is 11.6 Å². The molecule has 1 heterocycles. The van der Waals surface area contributed by atoms with E-state index in [1.807, 2.05) is 30.3 Å². The summed E-state index contributed by atoms with van der Waals surface area (Å²) in [5.41, 5.74) is 1.56. The van der Waals surface area contributed by atoms with Gasteiger partial charge in [0.2, 0.25) is 0 Å². The van der Waals surface area contributed by atoms with E-state index in [1.54, 1.807) is 18.5 Å². The summed E-state index contributed by atoms with van der Waals surface area (Å²) < 4.78 is 5.05. The third-order valence-corrected chi connectivity index (χ3v) is 2.85. The number of rotatable bonds is 3. The van der Waals surface area contributed by atoms with Crippen LogP contribution in [0.25, 0.3) is 0 Å². The fourth-order valence-corrected chi connectivity index (χ4v) is 1.65. The van der Waals surface area contributed by atoms with Crippen LogP contribution in [-0.4, -0.2) is 17.6 Å². The molecular weight excluding hydrogens is 288 g/mol. The second kappa shape index (κ2) is 7.93. The first-order valence-corrected chi connectivity index (χ1v) is 6.66. The number of benzene rings is 1. The highest BCUT2D eigenvalue weighted by Gasteiger charge is 2.00. The molecule has 5 heteroatoms. The Kier molecular flexibility index (Phi) is 5.62. The van der Waals surface area contributed by atoms with Gasteiger partial charge in [-0.2, -0.15) is 0 Å². The first-order valence-electron chi connectivity index (χ1n) is 6.28. The molecule has 0 radical (unpaired) electrons. The van der Waals surface area contributed by atoms with Crippen LogP contribution in [0.1, 0.15) is 11.1 Å². The number of hydrogen-bond acceptors (Lipinski definition) is 3. The third kappa shape index (κ3) is 5.17. The van der Waals surface area contributed by atoms with Crippen molar-refractivity contribution in [1.29, 1.82) is 0 Å². The van der Waals surface area contributed by atoms with E-state index in [9.17, 15) is 4.79 Å². The number of hydrogen-bond donors (Lipinski definition) is 1. The molecule has 1 N–H and O–H groups in total. The van der Waals surface area contributed by atoms with Crippen LogP contribution >= 0.6 is 11.6 Å². The maximum atomic E-state index is 11.5. The predicted molar refractivity (Wildman–Crippen MR) is 80.8 cm³/mol. The molecule has 0 saturated heterocycles. The van der Waals surface area contributed by atoms with E-state index >= 15 is 0 Å². The number of nitrogens with one attached hydrogen (secondary N) is 1. The van der Waals surface area contributed by atoms with Crippen LogP contribution < -0.4 is 5.32 Å². The summed E-state index contributed by atoms with van der Waals surface area (Å²) in [6, 6.07) is 11.1. The minimum absolute atomic E-state index is 0.179. The lowest BCUT2D eigenvalue weighted by Crippen LogP contribution is -2.24. The molecule has 1 aromatic carbocycles. The molecule has 4 nitrogen and oxygen atoms in total. The highest BCUT2D eigenvalue weighted by Crippen LogP contribution is 2.11. The van der Waals surface area contributed by atoms with Crippen molar-refractivity contribution in [2.45, 2.75) is 6.61 Å². The Balaban J connectivity index is 1.74. The molecule has 0 aliphatic rings. The zero-order valence-corrected chi connectivity index (χ0v) is 11.9. The van der Waals surface area contributed by atoms with Gasteiger partial charge in [-0.1, -0.05) is 53.8 Å². The standard InChI is InChI=1S/C16H13ClN2O2/c17-15-8-10-18-11-14(15)7-4-9-19-16(20)21-12-13-5-2-1-3-6-13/h1-3,5-6,8,10-11H,9,12H2,(H,19,20). The fourth-order valence-electron chi connectivity index (χ4n) is 1.50. The van der Waals surface area contributed by atoms with Crippen LogP contribution in [0.2, 0.25) is 5.02 Å². The third-order valence-electron chi connectivity index (χ3n) is 2.52. The van der Waals surface area contributed by atoms with Crippen molar-refractivity contribution < 1.29 is 9.53 Å². The summed E-state index contributed by atoms with van der Waals surface area (Å²) in [7, 11) is 0. The van der Waals surface area contributed by atoms with Crippen molar-refractivity contribution in [2.24, 2.45) is 0 Å². The number of pyridine rings is 1. The normalized spacial score (nSPS) is 9.38. The van der Waals surface area contributed by atoms with Crippen LogP contribution in [0.5, 0.6) is 0 Å². The SMILES string of the molecule is O=C(NCC#Cc1cnccc1Cl)OCc1ccccc1. The van der Waals surface area contributed by atoms with E-state index in [4.69, 9.17) is 16.3 Å². The zero-order chi connectivity index (χ0) is 14.9. The Hall–Kier alpha value is -2.51. The van der Waals surface area contributed by atoms with Gasteiger partial charge in [0.05, 0.1) is 17.1 Å². The van der Waals surface area contributed by atoms with E-state index in [1.165, 1.54) is 0 Å². The van der Waals surface area contributed by atoms with Crippen molar-refractivity contribution in [1.82, 2.24) is 10.3 Å². The second-order valence-corrected chi connectivity index (χ2v) is 4.48. The number of carbonyl (C=O) groups excluding carboxylic acids is 1. The maximum absolute atomic E-state index is 11.5. The summed E-state index contributed by atoms with van der Waals surface area (Å²) in [4.78, 5) is 15.4. The van der Waals surface area contributed by atoms with E-state index < -0.39 is 6.09 Å². The number of alkyl carbamates (subject to hydrolysis) is 1. The van der Waals surface area contributed by atoms with Gasteiger partial charge in [0, 0.05) is 12.4 Å². The summed E-state index contributed by atoms with van der Waals surface area (Å²) >= 11 is 5.93. The average molecular weight is 301 g/mol. The molecule has 0 fully saturated rings. The van der Waals surface area contributed by atoms with Crippen LogP contribution in [-0.2, 0) is 11.3 Å². The number of carbonyl (C=O) groups is 1. The molecule has 0 bridgehead atoms. The Morgan fingerprint density at radius 1 is 1.29 bits per heavy atom. The van der Waals surface area contributed by atoms with Crippen molar-refractivity contribution in [2.75, 3.05) is 6.54 Å². The van der Waals surface area contributed by atoms with Crippen LogP contribution in [0.4, 0.5) is 4.79 Å². The quantitative estimate of drug-likeness (QED) is 0.887. The first-order chi connectivity index (χ1) is 10.3. The van der Waals surface area contributed by atoms with Crippen molar-refractivity contribution in [3.63, 3.8) is 0 Å². The lowest BCUT2D eigenvalue weighted by atomic mass is 10.2. The number of nitrogens with zero attached hydrogens (tertiary/aromatic N) is 1. The number of aromatic nitrogens is 1. The van der Waals surface area contributed by atoms with E-state index in [0.29, 0.717) is 10.6 Å². The Morgan fingerprint density at radius 2 is 2.10 bits per heavy atom. The molecule has 0 spiro atoms. The van der Waals surface area contributed by atoms with E-state index in [0.717, 1.165) is 5.56 Å². The second-order valence-electron chi connectivity index (χ2n) is 4.07. The van der Waals surface area contributed by atoms with Gasteiger partial charge < -0.3 is 10.1 Å². The zero-order valence-electron chi connectivity index (χ0n) is 11.2. The van der Waals surface area contributed by atoms with E-state index in [-0.39, 0.29) is 13.2 Å². The minimum atomic E-state index is -0.509. The van der Waals surface area contributed by atoms with Crippen LogP contribution in [0, 0.1) is 11.8 Å². The summed E-state index contributed by atoms with van der Waals surface area (Å²) in [5, 5.41) is 3.08. The van der Waals surface area contributed by atoms with Gasteiger partial charge in [0.1, 0.15) is 6.61 Å². The largest absolute Gasteiger partial charge is 0.445 e. The summed E-state index contributed by atoms with van der Waals surface area (Å²) in [5.74, 6) is 5.61. The van der Waals surface area contributed by atoms with Crippen molar-refractivity contribution >= 4 is 17.7 Å². The molecule has 2 rings (SSSR count). The molecule has 0 saturated carbocycles. The molecule has 0 unspecified atom stereocenters. The monoisotopic (exact) mass is 300 g/mol. The predicted octanol–water partition coefficient (Wildman–Crippen LogP) is 3.01. The maximum Gasteiger partial charge on any atom is 0.408 e. The van der Waals surface area contributed by atoms with Crippen molar-refractivity contribution in [3.8, 4) is 11.8 Å². The molecule has 1 amide bonds. The Bertz CT molecular complexity index is 663. The highest BCUT2D eigenvalue weighted by molar-refractivity contribution is 6.31. The number of halogens is 1. The molecule has 106 valence electrons. The van der Waals surface area contributed by atoms with Gasteiger partial charge in [0.15, 0.2) is 0 Å². The lowest BCUT2D eigenvalue weighted by molar-refractivity contribution is 0.141. The lowest BCUT2D eigenvalue weighted by Gasteiger charge is -2.04. The van der Waals surface area contributed by atoms with Gasteiger partial charge in [-0.3, -0.25) is 4.98 Å². The molecule has 2 aromatic rings. The number of ether oxygens (including phenoxy) is 1.